The smallest absolute Gasteiger partial charge is 0.276 e. The molecule has 1 saturated carbocycles. The molecule has 2 fully saturated rings. The van der Waals surface area contributed by atoms with Gasteiger partial charge in [0.2, 0.25) is 5.91 Å². The fraction of sp³-hybridized carbons (Fsp3) is 0.632. The molecule has 1 aromatic rings. The van der Waals surface area contributed by atoms with Gasteiger partial charge in [-0.15, -0.1) is 0 Å². The van der Waals surface area contributed by atoms with Gasteiger partial charge in [-0.25, -0.2) is 5.48 Å². The number of aromatic nitrogens is 1. The van der Waals surface area contributed by atoms with Crippen molar-refractivity contribution in [1.29, 1.82) is 0 Å². The highest BCUT2D eigenvalue weighted by Crippen LogP contribution is 2.45. The van der Waals surface area contributed by atoms with Crippen LogP contribution in [-0.4, -0.2) is 56.5 Å². The topological polar surface area (TPSA) is 85.8 Å². The maximum absolute atomic E-state index is 12.0. The predicted octanol–water partition coefficient (Wildman–Crippen LogP) is 1.49. The second-order valence-electron chi connectivity index (χ2n) is 7.89. The van der Waals surface area contributed by atoms with Gasteiger partial charge in [0.25, 0.3) is 5.91 Å². The molecule has 7 heteroatoms. The van der Waals surface area contributed by atoms with Crippen molar-refractivity contribution in [2.75, 3.05) is 13.1 Å². The Bertz CT molecular complexity index is 731. The van der Waals surface area contributed by atoms with Crippen molar-refractivity contribution < 1.29 is 14.8 Å². The number of hydrogen-bond acceptors (Lipinski definition) is 5. The van der Waals surface area contributed by atoms with Gasteiger partial charge in [0.05, 0.1) is 11.3 Å². The molecule has 1 atom stereocenters. The molecule has 3 heterocycles. The van der Waals surface area contributed by atoms with E-state index in [1.54, 1.807) is 12.4 Å². The maximum Gasteiger partial charge on any atom is 0.276 e. The van der Waals surface area contributed by atoms with E-state index in [4.69, 9.17) is 5.21 Å². The zero-order valence-electron chi connectivity index (χ0n) is 15.2. The van der Waals surface area contributed by atoms with Crippen molar-refractivity contribution in [1.82, 2.24) is 20.3 Å². The lowest BCUT2D eigenvalue weighted by Crippen LogP contribution is -2.63. The first kappa shape index (κ1) is 17.4. The summed E-state index contributed by atoms with van der Waals surface area (Å²) < 4.78 is 0. The molecule has 0 bridgehead atoms. The first-order valence-corrected chi connectivity index (χ1v) is 9.47. The number of nitrogens with one attached hydrogen (secondary N) is 1. The van der Waals surface area contributed by atoms with Crippen molar-refractivity contribution >= 4 is 11.8 Å². The summed E-state index contributed by atoms with van der Waals surface area (Å²) >= 11 is 0. The van der Waals surface area contributed by atoms with Gasteiger partial charge >= 0.3 is 0 Å². The van der Waals surface area contributed by atoms with Crippen LogP contribution in [0.5, 0.6) is 0 Å². The molecular formula is C19H26N4O3. The van der Waals surface area contributed by atoms with Crippen molar-refractivity contribution in [3.8, 4) is 0 Å². The van der Waals surface area contributed by atoms with Crippen LogP contribution >= 0.6 is 0 Å². The molecule has 3 aliphatic rings. The van der Waals surface area contributed by atoms with Crippen LogP contribution in [0.2, 0.25) is 0 Å². The average Bonchev–Trinajstić information content (AvgIpc) is 2.64. The lowest BCUT2D eigenvalue weighted by Gasteiger charge is -2.56. The van der Waals surface area contributed by atoms with Gasteiger partial charge < -0.3 is 4.90 Å². The Morgan fingerprint density at radius 3 is 2.81 bits per heavy atom. The molecule has 0 aromatic carbocycles. The van der Waals surface area contributed by atoms with E-state index >= 15 is 0 Å². The number of fused-ring (bicyclic) bond motifs is 1. The largest absolute Gasteiger partial charge is 0.337 e. The number of amides is 2. The molecule has 7 nitrogen and oxygen atoms in total. The second-order valence-corrected chi connectivity index (χ2v) is 7.89. The third kappa shape index (κ3) is 2.89. The van der Waals surface area contributed by atoms with Crippen molar-refractivity contribution in [3.05, 3.63) is 29.1 Å². The monoisotopic (exact) mass is 358 g/mol. The first-order valence-electron chi connectivity index (χ1n) is 9.47. The lowest BCUT2D eigenvalue weighted by molar-refractivity contribution is -0.145. The Morgan fingerprint density at radius 2 is 2.15 bits per heavy atom. The number of nitrogens with zero attached hydrogens (tertiary/aromatic N) is 3. The van der Waals surface area contributed by atoms with Gasteiger partial charge in [0.1, 0.15) is 0 Å². The highest BCUT2D eigenvalue weighted by Gasteiger charge is 2.48. The van der Waals surface area contributed by atoms with Crippen LogP contribution in [0.25, 0.3) is 0 Å². The van der Waals surface area contributed by atoms with Crippen LogP contribution in [0, 0.1) is 0 Å². The Kier molecular flexibility index (Phi) is 4.44. The Hall–Kier alpha value is -1.99. The van der Waals surface area contributed by atoms with Crippen LogP contribution in [-0.2, 0) is 17.8 Å². The molecule has 1 aromatic heterocycles. The van der Waals surface area contributed by atoms with Crippen LogP contribution in [0.15, 0.2) is 12.3 Å². The third-order valence-electron chi connectivity index (χ3n) is 6.50. The SMILES string of the molecule is CC(=O)N1CC[C@H](N2CCc3cc(C(=O)NO)cnc3C2)CC12CCC2. The fourth-order valence-corrected chi connectivity index (χ4v) is 4.96. The van der Waals surface area contributed by atoms with Crippen LogP contribution < -0.4 is 5.48 Å². The predicted molar refractivity (Wildman–Crippen MR) is 94.6 cm³/mol. The first-order chi connectivity index (χ1) is 12.5. The molecule has 26 heavy (non-hydrogen) atoms. The number of piperidine rings is 1. The molecule has 0 unspecified atom stereocenters. The van der Waals surface area contributed by atoms with Gasteiger partial charge in [-0.05, 0) is 50.2 Å². The molecule has 1 aliphatic carbocycles. The molecule has 4 rings (SSSR count). The van der Waals surface area contributed by atoms with E-state index in [-0.39, 0.29) is 11.4 Å². The quantitative estimate of drug-likeness (QED) is 0.618. The number of carbonyl (C=O) groups is 2. The number of pyridine rings is 1. The Labute approximate surface area is 153 Å². The standard InChI is InChI=1S/C19H26N4O3/c1-13(24)23-8-4-16(10-19(23)5-2-6-19)22-7-3-14-9-15(18(25)21-26)11-20-17(14)12-22/h9,11,16,26H,2-8,10,12H2,1H3,(H,21,25)/t16-/m0/s1. The van der Waals surface area contributed by atoms with E-state index in [0.29, 0.717) is 11.6 Å². The summed E-state index contributed by atoms with van der Waals surface area (Å²) in [4.78, 5) is 32.7. The van der Waals surface area contributed by atoms with Crippen molar-refractivity contribution in [3.63, 3.8) is 0 Å². The van der Waals surface area contributed by atoms with Crippen LogP contribution in [0.3, 0.4) is 0 Å². The summed E-state index contributed by atoms with van der Waals surface area (Å²) in [5.41, 5.74) is 4.24. The summed E-state index contributed by atoms with van der Waals surface area (Å²) in [6.45, 7) is 4.28. The Morgan fingerprint density at radius 1 is 1.35 bits per heavy atom. The van der Waals surface area contributed by atoms with Crippen molar-refractivity contribution in [2.24, 2.45) is 0 Å². The fourth-order valence-electron chi connectivity index (χ4n) is 4.96. The normalized spacial score (nSPS) is 24.7. The van der Waals surface area contributed by atoms with E-state index in [0.717, 1.165) is 63.0 Å². The highest BCUT2D eigenvalue weighted by molar-refractivity contribution is 5.93. The van der Waals surface area contributed by atoms with E-state index in [9.17, 15) is 9.59 Å². The lowest BCUT2D eigenvalue weighted by atomic mass is 9.68. The summed E-state index contributed by atoms with van der Waals surface area (Å²) in [5.74, 6) is -0.310. The van der Waals surface area contributed by atoms with Gasteiger partial charge in [0.15, 0.2) is 0 Å². The summed E-state index contributed by atoms with van der Waals surface area (Å²) in [6.07, 6.45) is 7.94. The number of carbonyl (C=O) groups excluding carboxylic acids is 2. The van der Waals surface area contributed by atoms with E-state index in [1.165, 1.54) is 12.6 Å². The minimum Gasteiger partial charge on any atom is -0.337 e. The van der Waals surface area contributed by atoms with Gasteiger partial charge in [-0.1, -0.05) is 0 Å². The molecule has 2 N–H and O–H groups in total. The van der Waals surface area contributed by atoms with Crippen LogP contribution in [0.1, 0.15) is 60.6 Å². The number of hydrogen-bond donors (Lipinski definition) is 2. The van der Waals surface area contributed by atoms with E-state index in [2.05, 4.69) is 14.8 Å². The molecule has 1 saturated heterocycles. The zero-order valence-corrected chi connectivity index (χ0v) is 15.2. The van der Waals surface area contributed by atoms with Gasteiger partial charge in [-0.3, -0.25) is 24.7 Å². The zero-order chi connectivity index (χ0) is 18.3. The van der Waals surface area contributed by atoms with Crippen LogP contribution in [0.4, 0.5) is 0 Å². The maximum atomic E-state index is 12.0. The summed E-state index contributed by atoms with van der Waals surface area (Å²) in [5, 5.41) is 8.78. The van der Waals surface area contributed by atoms with E-state index in [1.807, 2.05) is 6.07 Å². The Balaban J connectivity index is 1.47. The molecule has 2 aliphatic heterocycles. The van der Waals surface area contributed by atoms with Gasteiger partial charge in [0, 0.05) is 44.3 Å². The highest BCUT2D eigenvalue weighted by atomic mass is 16.5. The second kappa shape index (κ2) is 6.63. The minimum atomic E-state index is -0.522. The molecule has 2 amide bonds. The van der Waals surface area contributed by atoms with Gasteiger partial charge in [-0.2, -0.15) is 0 Å². The number of likely N-dealkylation sites (tertiary alicyclic amines) is 1. The third-order valence-corrected chi connectivity index (χ3v) is 6.50. The molecule has 140 valence electrons. The minimum absolute atomic E-state index is 0.0888. The molecule has 1 spiro atoms. The summed E-state index contributed by atoms with van der Waals surface area (Å²) in [6, 6.07) is 2.32. The summed E-state index contributed by atoms with van der Waals surface area (Å²) in [7, 11) is 0. The number of hydroxylamine groups is 1. The molecular weight excluding hydrogens is 332 g/mol. The van der Waals surface area contributed by atoms with Crippen molar-refractivity contribution in [2.45, 2.75) is 63.6 Å². The average molecular weight is 358 g/mol. The van der Waals surface area contributed by atoms with E-state index < -0.39 is 5.91 Å². The number of rotatable bonds is 2. The molecule has 0 radical (unpaired) electrons.